The van der Waals surface area contributed by atoms with Crippen LogP contribution in [0.25, 0.3) is 11.1 Å². The number of carbonyl (C=O) groups excluding carboxylic acids is 3. The highest BCUT2D eigenvalue weighted by molar-refractivity contribution is 5.98. The van der Waals surface area contributed by atoms with E-state index in [1.165, 1.54) is 25.5 Å². The monoisotopic (exact) mass is 418 g/mol. The van der Waals surface area contributed by atoms with Gasteiger partial charge in [0.2, 0.25) is 0 Å². The lowest BCUT2D eigenvalue weighted by Crippen LogP contribution is -2.32. The fraction of sp³-hybridized carbons (Fsp3) is 0.174. The van der Waals surface area contributed by atoms with Crippen LogP contribution in [-0.4, -0.2) is 40.4 Å². The van der Waals surface area contributed by atoms with Crippen LogP contribution in [0.5, 0.6) is 0 Å². The molecule has 1 heterocycles. The third kappa shape index (κ3) is 6.20. The van der Waals surface area contributed by atoms with E-state index in [1.54, 1.807) is 6.07 Å². The topological polar surface area (TPSA) is 110 Å². The van der Waals surface area contributed by atoms with Crippen molar-refractivity contribution in [1.29, 1.82) is 0 Å². The van der Waals surface area contributed by atoms with Gasteiger partial charge in [0.15, 0.2) is 6.10 Å². The van der Waals surface area contributed by atoms with Crippen LogP contribution in [0.1, 0.15) is 23.8 Å². The van der Waals surface area contributed by atoms with Crippen LogP contribution in [0.15, 0.2) is 73.2 Å². The number of para-hydroxylation sites is 1. The second-order valence-electron chi connectivity index (χ2n) is 6.63. The molecule has 3 rings (SSSR count). The number of rotatable bonds is 8. The maximum absolute atomic E-state index is 12.5. The molecule has 0 aliphatic heterocycles. The number of aromatic nitrogens is 2. The lowest BCUT2D eigenvalue weighted by Gasteiger charge is -2.16. The standard InChI is InChI=1S/C23H22N4O4/c1-16(31-21(28)11-12-26-23(30)20-15-24-13-14-25-20)22(29)27-19-10-6-5-9-18(19)17-7-3-2-4-8-17/h2-10,13-16H,11-12H2,1H3,(H,26,30)(H,27,29). The molecule has 2 aromatic carbocycles. The maximum Gasteiger partial charge on any atom is 0.308 e. The highest BCUT2D eigenvalue weighted by atomic mass is 16.5. The van der Waals surface area contributed by atoms with E-state index >= 15 is 0 Å². The second-order valence-corrected chi connectivity index (χ2v) is 6.63. The summed E-state index contributed by atoms with van der Waals surface area (Å²) in [5.74, 6) is -1.48. The molecule has 2 amide bonds. The minimum atomic E-state index is -0.993. The molecule has 0 spiro atoms. The van der Waals surface area contributed by atoms with E-state index in [0.29, 0.717) is 5.69 Å². The van der Waals surface area contributed by atoms with Gasteiger partial charge in [-0.2, -0.15) is 0 Å². The molecule has 0 bridgehead atoms. The molecule has 0 aliphatic carbocycles. The van der Waals surface area contributed by atoms with Crippen molar-refractivity contribution in [1.82, 2.24) is 15.3 Å². The molecule has 8 nitrogen and oxygen atoms in total. The Labute approximate surface area is 179 Å². The number of hydrogen-bond acceptors (Lipinski definition) is 6. The smallest absolute Gasteiger partial charge is 0.308 e. The number of amides is 2. The molecule has 158 valence electrons. The van der Waals surface area contributed by atoms with Crippen molar-refractivity contribution in [2.24, 2.45) is 0 Å². The number of ether oxygens (including phenoxy) is 1. The molecule has 8 heteroatoms. The fourth-order valence-electron chi connectivity index (χ4n) is 2.79. The van der Waals surface area contributed by atoms with Crippen molar-refractivity contribution < 1.29 is 19.1 Å². The molecule has 1 unspecified atom stereocenters. The van der Waals surface area contributed by atoms with E-state index in [4.69, 9.17) is 4.74 Å². The summed E-state index contributed by atoms with van der Waals surface area (Å²) in [5, 5.41) is 5.36. The molecule has 1 atom stereocenters. The van der Waals surface area contributed by atoms with Gasteiger partial charge in [-0.15, -0.1) is 0 Å². The maximum atomic E-state index is 12.5. The van der Waals surface area contributed by atoms with Gasteiger partial charge in [-0.25, -0.2) is 4.98 Å². The molecular weight excluding hydrogens is 396 g/mol. The van der Waals surface area contributed by atoms with Crippen LogP contribution in [0, 0.1) is 0 Å². The fourth-order valence-corrected chi connectivity index (χ4v) is 2.79. The summed E-state index contributed by atoms with van der Waals surface area (Å²) in [6, 6.07) is 17.0. The van der Waals surface area contributed by atoms with Gasteiger partial charge in [-0.3, -0.25) is 19.4 Å². The Bertz CT molecular complexity index is 1040. The summed E-state index contributed by atoms with van der Waals surface area (Å²) < 4.78 is 5.19. The average Bonchev–Trinajstić information content (AvgIpc) is 2.80. The van der Waals surface area contributed by atoms with Crippen LogP contribution < -0.4 is 10.6 Å². The molecule has 0 saturated carbocycles. The molecular formula is C23H22N4O4. The summed E-state index contributed by atoms with van der Waals surface area (Å²) in [6.07, 6.45) is 3.11. The molecule has 2 N–H and O–H groups in total. The third-order valence-corrected chi connectivity index (χ3v) is 4.36. The highest BCUT2D eigenvalue weighted by Gasteiger charge is 2.19. The molecule has 0 saturated heterocycles. The number of anilines is 1. The Balaban J connectivity index is 1.50. The first-order chi connectivity index (χ1) is 15.0. The molecule has 0 aliphatic rings. The van der Waals surface area contributed by atoms with Crippen molar-refractivity contribution in [3.8, 4) is 11.1 Å². The van der Waals surface area contributed by atoms with Crippen LogP contribution in [0.4, 0.5) is 5.69 Å². The quantitative estimate of drug-likeness (QED) is 0.545. The van der Waals surface area contributed by atoms with Crippen molar-refractivity contribution in [3.63, 3.8) is 0 Å². The van der Waals surface area contributed by atoms with Crippen LogP contribution in [0.3, 0.4) is 0 Å². The SMILES string of the molecule is CC(OC(=O)CCNC(=O)c1cnccn1)C(=O)Nc1ccccc1-c1ccccc1. The average molecular weight is 418 g/mol. The predicted octanol–water partition coefficient (Wildman–Crippen LogP) is 2.83. The first-order valence-corrected chi connectivity index (χ1v) is 9.73. The Kier molecular flexibility index (Phi) is 7.42. The van der Waals surface area contributed by atoms with Gasteiger partial charge in [-0.05, 0) is 18.6 Å². The molecule has 0 radical (unpaired) electrons. The lowest BCUT2D eigenvalue weighted by atomic mass is 10.0. The number of nitrogens with one attached hydrogen (secondary N) is 2. The van der Waals surface area contributed by atoms with E-state index in [1.807, 2.05) is 48.5 Å². The number of benzene rings is 2. The number of esters is 1. The number of carbonyl (C=O) groups is 3. The van der Waals surface area contributed by atoms with Crippen LogP contribution >= 0.6 is 0 Å². The Morgan fingerprint density at radius 3 is 2.48 bits per heavy atom. The van der Waals surface area contributed by atoms with Gasteiger partial charge in [0.05, 0.1) is 12.6 Å². The molecule has 31 heavy (non-hydrogen) atoms. The van der Waals surface area contributed by atoms with Gasteiger partial charge < -0.3 is 15.4 Å². The van der Waals surface area contributed by atoms with Crippen LogP contribution in [-0.2, 0) is 14.3 Å². The Hall–Kier alpha value is -4.07. The Morgan fingerprint density at radius 1 is 1.00 bits per heavy atom. The summed E-state index contributed by atoms with van der Waals surface area (Å²) in [6.45, 7) is 1.55. The van der Waals surface area contributed by atoms with E-state index in [2.05, 4.69) is 20.6 Å². The third-order valence-electron chi connectivity index (χ3n) is 4.36. The zero-order valence-electron chi connectivity index (χ0n) is 16.9. The van der Waals surface area contributed by atoms with Gasteiger partial charge in [0, 0.05) is 30.2 Å². The van der Waals surface area contributed by atoms with E-state index < -0.39 is 23.9 Å². The largest absolute Gasteiger partial charge is 0.452 e. The number of nitrogens with zero attached hydrogens (tertiary/aromatic N) is 2. The normalized spacial score (nSPS) is 11.3. The van der Waals surface area contributed by atoms with E-state index in [9.17, 15) is 14.4 Å². The first kappa shape index (κ1) is 21.6. The molecule has 3 aromatic rings. The van der Waals surface area contributed by atoms with Gasteiger partial charge >= 0.3 is 5.97 Å². The van der Waals surface area contributed by atoms with Crippen molar-refractivity contribution in [2.75, 3.05) is 11.9 Å². The van der Waals surface area contributed by atoms with Crippen molar-refractivity contribution >= 4 is 23.5 Å². The minimum absolute atomic E-state index is 0.0550. The summed E-state index contributed by atoms with van der Waals surface area (Å²) >= 11 is 0. The first-order valence-electron chi connectivity index (χ1n) is 9.73. The summed E-state index contributed by atoms with van der Waals surface area (Å²) in [4.78, 5) is 44.1. The summed E-state index contributed by atoms with van der Waals surface area (Å²) in [7, 11) is 0. The number of hydrogen-bond donors (Lipinski definition) is 2. The minimum Gasteiger partial charge on any atom is -0.452 e. The summed E-state index contributed by atoms with van der Waals surface area (Å²) in [5.41, 5.74) is 2.60. The van der Waals surface area contributed by atoms with Crippen molar-refractivity contribution in [3.05, 3.63) is 78.9 Å². The van der Waals surface area contributed by atoms with E-state index in [0.717, 1.165) is 11.1 Å². The molecule has 1 aromatic heterocycles. The zero-order chi connectivity index (χ0) is 22.1. The van der Waals surface area contributed by atoms with E-state index in [-0.39, 0.29) is 18.7 Å². The molecule has 0 fully saturated rings. The Morgan fingerprint density at radius 2 is 1.74 bits per heavy atom. The van der Waals surface area contributed by atoms with Gasteiger partial charge in [0.25, 0.3) is 11.8 Å². The van der Waals surface area contributed by atoms with Crippen molar-refractivity contribution in [2.45, 2.75) is 19.4 Å². The lowest BCUT2D eigenvalue weighted by molar-refractivity contribution is -0.153. The van der Waals surface area contributed by atoms with Gasteiger partial charge in [-0.1, -0.05) is 48.5 Å². The second kappa shape index (κ2) is 10.6. The van der Waals surface area contributed by atoms with Crippen LogP contribution in [0.2, 0.25) is 0 Å². The van der Waals surface area contributed by atoms with Gasteiger partial charge in [0.1, 0.15) is 5.69 Å². The highest BCUT2D eigenvalue weighted by Crippen LogP contribution is 2.27. The zero-order valence-corrected chi connectivity index (χ0v) is 16.9. The predicted molar refractivity (Wildman–Crippen MR) is 115 cm³/mol.